The molecule has 6 nitrogen and oxygen atoms in total. The van der Waals surface area contributed by atoms with Gasteiger partial charge in [-0.25, -0.2) is 0 Å². The molecule has 112 valence electrons. The summed E-state index contributed by atoms with van der Waals surface area (Å²) < 4.78 is 3.69. The average molecular weight is 287 g/mol. The quantitative estimate of drug-likeness (QED) is 0.859. The van der Waals surface area contributed by atoms with E-state index in [1.165, 1.54) is 6.08 Å². The fourth-order valence-corrected chi connectivity index (χ4v) is 2.16. The molecule has 2 rings (SSSR count). The fourth-order valence-electron chi connectivity index (χ4n) is 2.16. The third kappa shape index (κ3) is 3.39. The zero-order valence-electron chi connectivity index (χ0n) is 12.9. The molecule has 0 fully saturated rings. The van der Waals surface area contributed by atoms with E-state index in [9.17, 15) is 4.79 Å². The van der Waals surface area contributed by atoms with Crippen molar-refractivity contribution in [3.05, 3.63) is 35.4 Å². The predicted molar refractivity (Wildman–Crippen MR) is 82.9 cm³/mol. The highest BCUT2D eigenvalue weighted by molar-refractivity contribution is 6.02. The fraction of sp³-hybridized carbons (Fsp3) is 0.400. The Morgan fingerprint density at radius 1 is 1.33 bits per heavy atom. The summed E-state index contributed by atoms with van der Waals surface area (Å²) in [6.45, 7) is 9.49. The highest BCUT2D eigenvalue weighted by Gasteiger charge is 2.11. The molecule has 0 bridgehead atoms. The zero-order chi connectivity index (χ0) is 15.4. The molecule has 1 amide bonds. The minimum atomic E-state index is -0.166. The van der Waals surface area contributed by atoms with Crippen molar-refractivity contribution in [2.75, 3.05) is 5.32 Å². The van der Waals surface area contributed by atoms with E-state index in [0.717, 1.165) is 35.7 Å². The number of aryl methyl sites for hydroxylation is 3. The van der Waals surface area contributed by atoms with E-state index < -0.39 is 0 Å². The van der Waals surface area contributed by atoms with E-state index in [1.54, 1.807) is 12.3 Å². The predicted octanol–water partition coefficient (Wildman–Crippen LogP) is 2.39. The number of nitrogens with one attached hydrogen (secondary N) is 1. The van der Waals surface area contributed by atoms with Gasteiger partial charge in [-0.3, -0.25) is 14.2 Å². The van der Waals surface area contributed by atoms with Crippen molar-refractivity contribution >= 4 is 17.7 Å². The van der Waals surface area contributed by atoms with Crippen LogP contribution < -0.4 is 5.32 Å². The molecule has 21 heavy (non-hydrogen) atoms. The van der Waals surface area contributed by atoms with Gasteiger partial charge in [0.2, 0.25) is 5.91 Å². The molecule has 0 aromatic carbocycles. The molecule has 2 aromatic heterocycles. The Labute approximate surface area is 124 Å². The van der Waals surface area contributed by atoms with Crippen molar-refractivity contribution < 1.29 is 4.79 Å². The molecule has 0 spiro atoms. The molecule has 6 heteroatoms. The Morgan fingerprint density at radius 2 is 2.10 bits per heavy atom. The van der Waals surface area contributed by atoms with Gasteiger partial charge in [-0.1, -0.05) is 0 Å². The van der Waals surface area contributed by atoms with Crippen LogP contribution in [0.2, 0.25) is 0 Å². The third-order valence-electron chi connectivity index (χ3n) is 3.33. The zero-order valence-corrected chi connectivity index (χ0v) is 12.9. The van der Waals surface area contributed by atoms with Crippen LogP contribution in [0.5, 0.6) is 0 Å². The van der Waals surface area contributed by atoms with Crippen LogP contribution in [-0.2, 0) is 17.9 Å². The van der Waals surface area contributed by atoms with Gasteiger partial charge in [0.1, 0.15) is 0 Å². The maximum atomic E-state index is 12.0. The minimum Gasteiger partial charge on any atom is -0.319 e. The molecule has 1 N–H and O–H groups in total. The van der Waals surface area contributed by atoms with Gasteiger partial charge >= 0.3 is 0 Å². The molecular formula is C15H21N5O. The summed E-state index contributed by atoms with van der Waals surface area (Å²) in [5.41, 5.74) is 3.49. The molecule has 0 aliphatic heterocycles. The van der Waals surface area contributed by atoms with E-state index >= 15 is 0 Å². The van der Waals surface area contributed by atoms with Gasteiger partial charge in [0, 0.05) is 30.9 Å². The Morgan fingerprint density at radius 3 is 2.67 bits per heavy atom. The van der Waals surface area contributed by atoms with Gasteiger partial charge in [-0.05, 0) is 33.8 Å². The molecule has 2 aromatic rings. The lowest BCUT2D eigenvalue weighted by Gasteiger charge is -2.03. The maximum Gasteiger partial charge on any atom is 0.248 e. The number of hydrogen-bond acceptors (Lipinski definition) is 3. The summed E-state index contributed by atoms with van der Waals surface area (Å²) in [5, 5.41) is 11.4. The van der Waals surface area contributed by atoms with Gasteiger partial charge in [-0.2, -0.15) is 10.2 Å². The lowest BCUT2D eigenvalue weighted by molar-refractivity contribution is -0.111. The van der Waals surface area contributed by atoms with Crippen molar-refractivity contribution in [1.82, 2.24) is 19.6 Å². The first-order valence-electron chi connectivity index (χ1n) is 7.10. The van der Waals surface area contributed by atoms with Crippen molar-refractivity contribution in [3.8, 4) is 0 Å². The van der Waals surface area contributed by atoms with Crippen LogP contribution in [0.25, 0.3) is 6.08 Å². The number of rotatable bonds is 5. The second-order valence-corrected chi connectivity index (χ2v) is 4.81. The molecule has 0 atom stereocenters. The molecule has 0 aliphatic rings. The summed E-state index contributed by atoms with van der Waals surface area (Å²) in [4.78, 5) is 12.0. The summed E-state index contributed by atoms with van der Waals surface area (Å²) in [6, 6.07) is 0. The van der Waals surface area contributed by atoms with Crippen LogP contribution in [0.4, 0.5) is 5.69 Å². The number of nitrogens with zero attached hydrogens (tertiary/aromatic N) is 4. The number of aromatic nitrogens is 4. The van der Waals surface area contributed by atoms with E-state index in [-0.39, 0.29) is 5.91 Å². The van der Waals surface area contributed by atoms with Crippen molar-refractivity contribution in [1.29, 1.82) is 0 Å². The standard InChI is InChI=1S/C15H21N5O/c1-5-19-10-13(9-16-19)7-8-14(21)17-15-11(3)18-20(6-2)12(15)4/h7-10H,5-6H2,1-4H3,(H,17,21)/b8-7-. The number of amides is 1. The lowest BCUT2D eigenvalue weighted by atomic mass is 10.3. The van der Waals surface area contributed by atoms with E-state index in [4.69, 9.17) is 0 Å². The Hall–Kier alpha value is -2.37. The molecule has 2 heterocycles. The molecule has 0 unspecified atom stereocenters. The highest BCUT2D eigenvalue weighted by atomic mass is 16.1. The van der Waals surface area contributed by atoms with Crippen LogP contribution in [0, 0.1) is 13.8 Å². The number of carbonyl (C=O) groups is 1. The second kappa shape index (κ2) is 6.39. The summed E-state index contributed by atoms with van der Waals surface area (Å²) in [6.07, 6.45) is 6.90. The van der Waals surface area contributed by atoms with Crippen molar-refractivity contribution in [2.24, 2.45) is 0 Å². The number of hydrogen-bond donors (Lipinski definition) is 1. The molecule has 0 radical (unpaired) electrons. The first kappa shape index (κ1) is 15.0. The summed E-state index contributed by atoms with van der Waals surface area (Å²) >= 11 is 0. The Balaban J connectivity index is 2.06. The SMILES string of the molecule is CCn1cc(/C=C\C(=O)Nc2c(C)nn(CC)c2C)cn1. The Kier molecular flexibility index (Phi) is 4.57. The first-order valence-corrected chi connectivity index (χ1v) is 7.10. The number of anilines is 1. The maximum absolute atomic E-state index is 12.0. The van der Waals surface area contributed by atoms with E-state index in [0.29, 0.717) is 0 Å². The summed E-state index contributed by atoms with van der Waals surface area (Å²) in [7, 11) is 0. The Bertz CT molecular complexity index is 666. The van der Waals surface area contributed by atoms with Gasteiger partial charge in [0.25, 0.3) is 0 Å². The van der Waals surface area contributed by atoms with E-state index in [1.807, 2.05) is 43.3 Å². The normalized spacial score (nSPS) is 11.2. The van der Waals surface area contributed by atoms with Crippen molar-refractivity contribution in [2.45, 2.75) is 40.8 Å². The third-order valence-corrected chi connectivity index (χ3v) is 3.33. The van der Waals surface area contributed by atoms with E-state index in [2.05, 4.69) is 15.5 Å². The molecule has 0 aliphatic carbocycles. The smallest absolute Gasteiger partial charge is 0.248 e. The van der Waals surface area contributed by atoms with Gasteiger partial charge in [0.15, 0.2) is 0 Å². The monoisotopic (exact) mass is 287 g/mol. The van der Waals surface area contributed by atoms with Crippen LogP contribution in [0.1, 0.15) is 30.8 Å². The molecule has 0 saturated carbocycles. The van der Waals surface area contributed by atoms with Gasteiger partial charge < -0.3 is 5.32 Å². The lowest BCUT2D eigenvalue weighted by Crippen LogP contribution is -2.09. The largest absolute Gasteiger partial charge is 0.319 e. The van der Waals surface area contributed by atoms with Crippen LogP contribution in [0.3, 0.4) is 0 Å². The average Bonchev–Trinajstić information content (AvgIpc) is 3.04. The summed E-state index contributed by atoms with van der Waals surface area (Å²) in [5.74, 6) is -0.166. The second-order valence-electron chi connectivity index (χ2n) is 4.81. The molecule has 0 saturated heterocycles. The number of carbonyl (C=O) groups excluding carboxylic acids is 1. The first-order chi connectivity index (χ1) is 10.0. The van der Waals surface area contributed by atoms with Crippen LogP contribution in [0.15, 0.2) is 18.5 Å². The topological polar surface area (TPSA) is 64.7 Å². The minimum absolute atomic E-state index is 0.166. The van der Waals surface area contributed by atoms with Gasteiger partial charge in [0.05, 0.1) is 23.3 Å². The van der Waals surface area contributed by atoms with Crippen molar-refractivity contribution in [3.63, 3.8) is 0 Å². The highest BCUT2D eigenvalue weighted by Crippen LogP contribution is 2.19. The van der Waals surface area contributed by atoms with Gasteiger partial charge in [-0.15, -0.1) is 0 Å². The molecular weight excluding hydrogens is 266 g/mol. The van der Waals surface area contributed by atoms with Crippen LogP contribution >= 0.6 is 0 Å². The van der Waals surface area contributed by atoms with Crippen LogP contribution in [-0.4, -0.2) is 25.5 Å².